The van der Waals surface area contributed by atoms with Gasteiger partial charge >= 0.3 is 0 Å². The number of nitrogens with zero attached hydrogens (tertiary/aromatic N) is 2. The zero-order valence-corrected chi connectivity index (χ0v) is 12.0. The first-order valence-corrected chi connectivity index (χ1v) is 7.28. The number of nitrogens with one attached hydrogen (secondary N) is 1. The second-order valence-corrected chi connectivity index (χ2v) is 5.36. The van der Waals surface area contributed by atoms with Gasteiger partial charge in [-0.25, -0.2) is 4.39 Å². The summed E-state index contributed by atoms with van der Waals surface area (Å²) in [6.45, 7) is 2.94. The van der Waals surface area contributed by atoms with Gasteiger partial charge in [0.1, 0.15) is 5.82 Å². The van der Waals surface area contributed by atoms with Gasteiger partial charge in [-0.3, -0.25) is 4.68 Å². The molecule has 2 aromatic rings. The lowest BCUT2D eigenvalue weighted by atomic mass is 10.2. The van der Waals surface area contributed by atoms with Crippen LogP contribution in [0.15, 0.2) is 41.6 Å². The SMILES string of the molecule is CCNC(CSc1ccccc1F)c1cnn(C)c1. The van der Waals surface area contributed by atoms with Gasteiger partial charge in [-0.15, -0.1) is 11.8 Å². The minimum Gasteiger partial charge on any atom is -0.309 e. The first-order chi connectivity index (χ1) is 9.20. The van der Waals surface area contributed by atoms with Gasteiger partial charge in [0.05, 0.1) is 6.20 Å². The van der Waals surface area contributed by atoms with Crippen molar-refractivity contribution in [3.63, 3.8) is 0 Å². The van der Waals surface area contributed by atoms with E-state index in [1.807, 2.05) is 31.6 Å². The van der Waals surface area contributed by atoms with Crippen molar-refractivity contribution in [2.24, 2.45) is 7.05 Å². The number of hydrogen-bond donors (Lipinski definition) is 1. The van der Waals surface area contributed by atoms with Gasteiger partial charge in [0.15, 0.2) is 0 Å². The van der Waals surface area contributed by atoms with Gasteiger partial charge < -0.3 is 5.32 Å². The van der Waals surface area contributed by atoms with Gasteiger partial charge in [0.2, 0.25) is 0 Å². The van der Waals surface area contributed by atoms with Crippen LogP contribution in [-0.4, -0.2) is 22.1 Å². The topological polar surface area (TPSA) is 29.9 Å². The van der Waals surface area contributed by atoms with E-state index in [2.05, 4.69) is 17.3 Å². The quantitative estimate of drug-likeness (QED) is 0.824. The lowest BCUT2D eigenvalue weighted by molar-refractivity contribution is 0.595. The highest BCUT2D eigenvalue weighted by Gasteiger charge is 2.13. The fourth-order valence-electron chi connectivity index (χ4n) is 1.87. The second-order valence-electron chi connectivity index (χ2n) is 4.30. The molecule has 19 heavy (non-hydrogen) atoms. The smallest absolute Gasteiger partial charge is 0.136 e. The predicted molar refractivity (Wildman–Crippen MR) is 76.7 cm³/mol. The predicted octanol–water partition coefficient (Wildman–Crippen LogP) is 3.00. The van der Waals surface area contributed by atoms with Crippen molar-refractivity contribution in [1.82, 2.24) is 15.1 Å². The van der Waals surface area contributed by atoms with Gasteiger partial charge in [-0.05, 0) is 18.7 Å². The highest BCUT2D eigenvalue weighted by Crippen LogP contribution is 2.26. The maximum atomic E-state index is 13.6. The standard InChI is InChI=1S/C14H18FN3S/c1-3-16-13(11-8-17-18(2)9-11)10-19-14-7-5-4-6-12(14)15/h4-9,13,16H,3,10H2,1-2H3. The van der Waals surface area contributed by atoms with Crippen LogP contribution in [-0.2, 0) is 7.05 Å². The summed E-state index contributed by atoms with van der Waals surface area (Å²) in [6.07, 6.45) is 3.85. The summed E-state index contributed by atoms with van der Waals surface area (Å²) >= 11 is 1.52. The molecule has 1 heterocycles. The summed E-state index contributed by atoms with van der Waals surface area (Å²) in [5.41, 5.74) is 1.13. The molecule has 1 atom stereocenters. The molecule has 0 aliphatic heterocycles. The van der Waals surface area contributed by atoms with Crippen molar-refractivity contribution < 1.29 is 4.39 Å². The summed E-state index contributed by atoms with van der Waals surface area (Å²) in [7, 11) is 1.90. The molecule has 5 heteroatoms. The molecule has 0 bridgehead atoms. The van der Waals surface area contributed by atoms with Crippen molar-refractivity contribution in [3.8, 4) is 0 Å². The molecular formula is C14H18FN3S. The van der Waals surface area contributed by atoms with Crippen molar-refractivity contribution in [3.05, 3.63) is 48.0 Å². The number of aromatic nitrogens is 2. The van der Waals surface area contributed by atoms with Crippen LogP contribution in [0.25, 0.3) is 0 Å². The van der Waals surface area contributed by atoms with Crippen LogP contribution in [0.1, 0.15) is 18.5 Å². The Kier molecular flexibility index (Phi) is 4.99. The molecule has 0 aliphatic carbocycles. The van der Waals surface area contributed by atoms with Crippen molar-refractivity contribution in [2.75, 3.05) is 12.3 Å². The Morgan fingerprint density at radius 2 is 2.21 bits per heavy atom. The van der Waals surface area contributed by atoms with Crippen molar-refractivity contribution >= 4 is 11.8 Å². The fourth-order valence-corrected chi connectivity index (χ4v) is 2.91. The Balaban J connectivity index is 2.03. The Morgan fingerprint density at radius 1 is 1.42 bits per heavy atom. The van der Waals surface area contributed by atoms with Gasteiger partial charge in [-0.1, -0.05) is 19.1 Å². The molecule has 0 amide bonds. The van der Waals surface area contributed by atoms with Crippen LogP contribution in [0.3, 0.4) is 0 Å². The van der Waals surface area contributed by atoms with Crippen LogP contribution < -0.4 is 5.32 Å². The zero-order valence-electron chi connectivity index (χ0n) is 11.1. The third-order valence-corrected chi connectivity index (χ3v) is 3.96. The van der Waals surface area contributed by atoms with E-state index in [4.69, 9.17) is 0 Å². The maximum Gasteiger partial charge on any atom is 0.136 e. The fraction of sp³-hybridized carbons (Fsp3) is 0.357. The number of benzene rings is 1. The molecule has 1 aromatic carbocycles. The number of aryl methyl sites for hydroxylation is 1. The molecule has 0 fully saturated rings. The lowest BCUT2D eigenvalue weighted by Crippen LogP contribution is -2.22. The Labute approximate surface area is 117 Å². The molecule has 1 unspecified atom stereocenters. The molecule has 0 saturated carbocycles. The van der Waals surface area contributed by atoms with E-state index in [-0.39, 0.29) is 11.9 Å². The van der Waals surface area contributed by atoms with Gasteiger partial charge in [-0.2, -0.15) is 5.10 Å². The number of hydrogen-bond acceptors (Lipinski definition) is 3. The van der Waals surface area contributed by atoms with Gasteiger partial charge in [0, 0.05) is 35.5 Å². The van der Waals surface area contributed by atoms with Crippen molar-refractivity contribution in [2.45, 2.75) is 17.9 Å². The van der Waals surface area contributed by atoms with Crippen LogP contribution in [0.2, 0.25) is 0 Å². The van der Waals surface area contributed by atoms with E-state index < -0.39 is 0 Å². The molecule has 102 valence electrons. The molecule has 0 radical (unpaired) electrons. The van der Waals surface area contributed by atoms with E-state index in [1.54, 1.807) is 10.7 Å². The average molecular weight is 279 g/mol. The van der Waals surface area contributed by atoms with Crippen LogP contribution in [0.4, 0.5) is 4.39 Å². The lowest BCUT2D eigenvalue weighted by Gasteiger charge is -2.16. The Hall–Kier alpha value is -1.33. The third-order valence-electron chi connectivity index (χ3n) is 2.82. The van der Waals surface area contributed by atoms with E-state index >= 15 is 0 Å². The molecule has 0 saturated heterocycles. The van der Waals surface area contributed by atoms with E-state index in [0.717, 1.165) is 17.9 Å². The highest BCUT2D eigenvalue weighted by atomic mass is 32.2. The average Bonchev–Trinajstić information content (AvgIpc) is 2.83. The summed E-state index contributed by atoms with van der Waals surface area (Å²) in [5, 5.41) is 7.59. The molecule has 2 rings (SSSR count). The summed E-state index contributed by atoms with van der Waals surface area (Å²) < 4.78 is 15.4. The van der Waals surface area contributed by atoms with Crippen molar-refractivity contribution in [1.29, 1.82) is 0 Å². The Morgan fingerprint density at radius 3 is 2.84 bits per heavy atom. The molecule has 3 nitrogen and oxygen atoms in total. The van der Waals surface area contributed by atoms with E-state index in [1.165, 1.54) is 17.8 Å². The van der Waals surface area contributed by atoms with Crippen LogP contribution in [0, 0.1) is 5.82 Å². The first-order valence-electron chi connectivity index (χ1n) is 6.30. The summed E-state index contributed by atoms with van der Waals surface area (Å²) in [5.74, 6) is 0.620. The van der Waals surface area contributed by atoms with E-state index in [0.29, 0.717) is 4.90 Å². The monoisotopic (exact) mass is 279 g/mol. The third kappa shape index (κ3) is 3.81. The molecule has 1 aromatic heterocycles. The minimum absolute atomic E-state index is 0.158. The molecule has 0 spiro atoms. The number of thioether (sulfide) groups is 1. The largest absolute Gasteiger partial charge is 0.309 e. The summed E-state index contributed by atoms with van der Waals surface area (Å²) in [4.78, 5) is 0.689. The first kappa shape index (κ1) is 14.1. The van der Waals surface area contributed by atoms with Crippen LogP contribution in [0.5, 0.6) is 0 Å². The molecule has 0 aliphatic rings. The normalized spacial score (nSPS) is 12.6. The maximum absolute atomic E-state index is 13.6. The second kappa shape index (κ2) is 6.73. The highest BCUT2D eigenvalue weighted by molar-refractivity contribution is 7.99. The summed E-state index contributed by atoms with van der Waals surface area (Å²) in [6, 6.07) is 7.06. The number of halogens is 1. The minimum atomic E-state index is -0.158. The molecule has 1 N–H and O–H groups in total. The zero-order chi connectivity index (χ0) is 13.7. The van der Waals surface area contributed by atoms with E-state index in [9.17, 15) is 4.39 Å². The molecular weight excluding hydrogens is 261 g/mol. The van der Waals surface area contributed by atoms with Crippen LogP contribution >= 0.6 is 11.8 Å². The van der Waals surface area contributed by atoms with Gasteiger partial charge in [0.25, 0.3) is 0 Å². The number of rotatable bonds is 6. The Bertz CT molecular complexity index is 527.